The summed E-state index contributed by atoms with van der Waals surface area (Å²) in [5.41, 5.74) is 4.07. The van der Waals surface area contributed by atoms with Crippen molar-refractivity contribution < 1.29 is 14.3 Å². The van der Waals surface area contributed by atoms with E-state index in [4.69, 9.17) is 14.6 Å². The maximum absolute atomic E-state index is 12.8. The number of hydrogen-bond acceptors (Lipinski definition) is 6. The number of carbonyl (C=O) groups is 1. The quantitative estimate of drug-likeness (QED) is 0.645. The minimum absolute atomic E-state index is 0.299. The van der Waals surface area contributed by atoms with Gasteiger partial charge < -0.3 is 14.8 Å². The fourth-order valence-corrected chi connectivity index (χ4v) is 3.62. The molecule has 0 aliphatic carbocycles. The summed E-state index contributed by atoms with van der Waals surface area (Å²) in [5, 5.41) is 7.97. The number of aromatic nitrogens is 3. The molecule has 3 aromatic rings. The Morgan fingerprint density at radius 3 is 2.57 bits per heavy atom. The third-order valence-corrected chi connectivity index (χ3v) is 5.09. The molecule has 0 bridgehead atoms. The lowest BCUT2D eigenvalue weighted by Gasteiger charge is -2.28. The fourth-order valence-electron chi connectivity index (χ4n) is 3.62. The maximum atomic E-state index is 12.8. The second-order valence-electron chi connectivity index (χ2n) is 7.10. The fraction of sp³-hybridized carbons (Fsp3) is 0.261. The topological polar surface area (TPSA) is 78.3 Å². The minimum Gasteiger partial charge on any atom is -0.496 e. The normalized spacial score (nSPS) is 15.4. The van der Waals surface area contributed by atoms with Crippen molar-refractivity contribution in [3.63, 3.8) is 0 Å². The van der Waals surface area contributed by atoms with E-state index in [1.165, 1.54) is 0 Å². The van der Waals surface area contributed by atoms with Crippen molar-refractivity contribution in [3.05, 3.63) is 70.9 Å². The average Bonchev–Trinajstić information content (AvgIpc) is 3.17. The van der Waals surface area contributed by atoms with E-state index < -0.39 is 6.04 Å². The molecule has 0 saturated heterocycles. The Balaban J connectivity index is 1.87. The van der Waals surface area contributed by atoms with Gasteiger partial charge in [-0.3, -0.25) is 0 Å². The molecule has 2 aromatic carbocycles. The number of carbonyl (C=O) groups excluding carboxylic acids is 1. The van der Waals surface area contributed by atoms with E-state index in [0.717, 1.165) is 16.7 Å². The number of anilines is 1. The van der Waals surface area contributed by atoms with Crippen molar-refractivity contribution in [1.29, 1.82) is 0 Å². The predicted molar refractivity (Wildman–Crippen MR) is 114 cm³/mol. The number of allylic oxidation sites excluding steroid dienone is 1. The Morgan fingerprint density at radius 2 is 1.87 bits per heavy atom. The molecule has 30 heavy (non-hydrogen) atoms. The van der Waals surface area contributed by atoms with E-state index in [9.17, 15) is 4.79 Å². The number of nitrogens with zero attached hydrogens (tertiary/aromatic N) is 3. The van der Waals surface area contributed by atoms with Gasteiger partial charge in [0.15, 0.2) is 5.82 Å². The van der Waals surface area contributed by atoms with Gasteiger partial charge in [-0.2, -0.15) is 4.98 Å². The van der Waals surface area contributed by atoms with Crippen molar-refractivity contribution in [2.75, 3.05) is 19.0 Å². The molecule has 1 atom stereocenters. The third kappa shape index (κ3) is 3.43. The number of nitrogens with one attached hydrogen (secondary N) is 1. The van der Waals surface area contributed by atoms with Gasteiger partial charge >= 0.3 is 5.97 Å². The number of benzene rings is 2. The van der Waals surface area contributed by atoms with Crippen LogP contribution in [0.4, 0.5) is 5.95 Å². The second-order valence-corrected chi connectivity index (χ2v) is 7.10. The predicted octanol–water partition coefficient (Wildman–Crippen LogP) is 4.11. The van der Waals surface area contributed by atoms with Crippen LogP contribution < -0.4 is 10.1 Å². The molecule has 154 valence electrons. The number of hydrogen-bond donors (Lipinski definition) is 1. The zero-order valence-corrected chi connectivity index (χ0v) is 17.5. The van der Waals surface area contributed by atoms with Gasteiger partial charge in [-0.05, 0) is 38.5 Å². The SMILES string of the molecule is CCOC(=O)C1=C(C)Nc2nc(-c3ccccc3OC)nn2C1c1ccc(C)cc1. The molecule has 1 aliphatic rings. The Hall–Kier alpha value is -3.61. The Morgan fingerprint density at radius 1 is 1.13 bits per heavy atom. The number of fused-ring (bicyclic) bond motifs is 1. The zero-order chi connectivity index (χ0) is 21.3. The van der Waals surface area contributed by atoms with E-state index in [0.29, 0.717) is 35.4 Å². The molecule has 4 rings (SSSR count). The highest BCUT2D eigenvalue weighted by molar-refractivity contribution is 5.92. The summed E-state index contributed by atoms with van der Waals surface area (Å²) in [6, 6.07) is 15.2. The van der Waals surface area contributed by atoms with E-state index in [2.05, 4.69) is 10.3 Å². The van der Waals surface area contributed by atoms with Gasteiger partial charge in [0, 0.05) is 5.70 Å². The van der Waals surface area contributed by atoms with Crippen LogP contribution in [0.1, 0.15) is 31.0 Å². The number of esters is 1. The van der Waals surface area contributed by atoms with E-state index >= 15 is 0 Å². The van der Waals surface area contributed by atoms with E-state index in [1.54, 1.807) is 18.7 Å². The van der Waals surface area contributed by atoms with Crippen LogP contribution in [0.2, 0.25) is 0 Å². The van der Waals surface area contributed by atoms with Crippen molar-refractivity contribution >= 4 is 11.9 Å². The summed E-state index contributed by atoms with van der Waals surface area (Å²) in [6.45, 7) is 5.98. The van der Waals surface area contributed by atoms with Crippen molar-refractivity contribution in [2.24, 2.45) is 0 Å². The summed E-state index contributed by atoms with van der Waals surface area (Å²) >= 11 is 0. The highest BCUT2D eigenvalue weighted by Crippen LogP contribution is 2.38. The molecular formula is C23H24N4O3. The summed E-state index contributed by atoms with van der Waals surface area (Å²) in [7, 11) is 1.62. The number of methoxy groups -OCH3 is 1. The molecule has 7 nitrogen and oxygen atoms in total. The highest BCUT2D eigenvalue weighted by Gasteiger charge is 2.35. The molecule has 7 heteroatoms. The Kier molecular flexibility index (Phi) is 5.27. The van der Waals surface area contributed by atoms with Crippen LogP contribution in [0.15, 0.2) is 59.8 Å². The largest absolute Gasteiger partial charge is 0.496 e. The van der Waals surface area contributed by atoms with Gasteiger partial charge in [0.2, 0.25) is 5.95 Å². The van der Waals surface area contributed by atoms with Crippen LogP contribution in [-0.2, 0) is 9.53 Å². The van der Waals surface area contributed by atoms with Gasteiger partial charge in [0.05, 0.1) is 24.9 Å². The van der Waals surface area contributed by atoms with Crippen molar-refractivity contribution in [1.82, 2.24) is 14.8 Å². The molecule has 1 aromatic heterocycles. The molecule has 1 unspecified atom stereocenters. The lowest BCUT2D eigenvalue weighted by atomic mass is 9.95. The summed E-state index contributed by atoms with van der Waals surface area (Å²) in [4.78, 5) is 17.5. The van der Waals surface area contributed by atoms with Crippen molar-refractivity contribution in [2.45, 2.75) is 26.8 Å². The molecule has 0 spiro atoms. The number of aryl methyl sites for hydroxylation is 1. The van der Waals surface area contributed by atoms with Crippen LogP contribution in [-0.4, -0.2) is 34.5 Å². The summed E-state index contributed by atoms with van der Waals surface area (Å²) in [6.07, 6.45) is 0. The van der Waals surface area contributed by atoms with Gasteiger partial charge in [-0.1, -0.05) is 42.0 Å². The van der Waals surface area contributed by atoms with Crippen LogP contribution in [0.3, 0.4) is 0 Å². The third-order valence-electron chi connectivity index (χ3n) is 5.09. The summed E-state index contributed by atoms with van der Waals surface area (Å²) in [5.74, 6) is 1.40. The van der Waals surface area contributed by atoms with Crippen LogP contribution >= 0.6 is 0 Å². The van der Waals surface area contributed by atoms with Gasteiger partial charge in [-0.25, -0.2) is 9.48 Å². The second kappa shape index (κ2) is 8.02. The average molecular weight is 404 g/mol. The first-order valence-corrected chi connectivity index (χ1v) is 9.85. The maximum Gasteiger partial charge on any atom is 0.338 e. The molecule has 0 fully saturated rings. The first-order valence-electron chi connectivity index (χ1n) is 9.85. The van der Waals surface area contributed by atoms with E-state index in [-0.39, 0.29) is 5.97 Å². The number of para-hydroxylation sites is 1. The summed E-state index contributed by atoms with van der Waals surface area (Å²) < 4.78 is 12.6. The van der Waals surface area contributed by atoms with Crippen LogP contribution in [0, 0.1) is 6.92 Å². The monoisotopic (exact) mass is 404 g/mol. The van der Waals surface area contributed by atoms with Gasteiger partial charge in [0.1, 0.15) is 11.8 Å². The molecular weight excluding hydrogens is 380 g/mol. The Bertz CT molecular complexity index is 1120. The smallest absolute Gasteiger partial charge is 0.338 e. The van der Waals surface area contributed by atoms with Gasteiger partial charge in [-0.15, -0.1) is 5.10 Å². The molecule has 0 amide bonds. The highest BCUT2D eigenvalue weighted by atomic mass is 16.5. The van der Waals surface area contributed by atoms with Crippen LogP contribution in [0.5, 0.6) is 5.75 Å². The lowest BCUT2D eigenvalue weighted by Crippen LogP contribution is -2.29. The lowest BCUT2D eigenvalue weighted by molar-refractivity contribution is -0.139. The molecule has 0 saturated carbocycles. The van der Waals surface area contributed by atoms with Crippen LogP contribution in [0.25, 0.3) is 11.4 Å². The minimum atomic E-state index is -0.447. The number of ether oxygens (including phenoxy) is 2. The molecule has 1 N–H and O–H groups in total. The zero-order valence-electron chi connectivity index (χ0n) is 17.5. The molecule has 0 radical (unpaired) electrons. The molecule has 1 aliphatic heterocycles. The standard InChI is InChI=1S/C23H24N4O3/c1-5-30-22(28)19-15(3)24-23-25-21(17-8-6-7-9-18(17)29-4)26-27(23)20(19)16-12-10-14(2)11-13-16/h6-13,20H,5H2,1-4H3,(H,24,25,26). The first kappa shape index (κ1) is 19.7. The van der Waals surface area contributed by atoms with E-state index in [1.807, 2.05) is 62.4 Å². The number of rotatable bonds is 5. The molecule has 2 heterocycles. The first-order chi connectivity index (χ1) is 14.5. The van der Waals surface area contributed by atoms with Crippen molar-refractivity contribution in [3.8, 4) is 17.1 Å². The van der Waals surface area contributed by atoms with Gasteiger partial charge in [0.25, 0.3) is 0 Å². The Labute approximate surface area is 175 Å².